The van der Waals surface area contributed by atoms with Gasteiger partial charge in [-0.1, -0.05) is 23.2 Å². The second-order valence-corrected chi connectivity index (χ2v) is 4.58. The Morgan fingerprint density at radius 1 is 1.38 bits per heavy atom. The number of amides is 1. The van der Waals surface area contributed by atoms with E-state index in [0.717, 1.165) is 0 Å². The molecule has 0 bridgehead atoms. The van der Waals surface area contributed by atoms with E-state index in [1.165, 1.54) is 26.0 Å². The largest absolute Gasteiger partial charge is 0.381 e. The first-order chi connectivity index (χ1) is 7.21. The van der Waals surface area contributed by atoms with Crippen LogP contribution in [-0.4, -0.2) is 16.6 Å². The lowest BCUT2D eigenvalue weighted by Gasteiger charge is -2.16. The van der Waals surface area contributed by atoms with Gasteiger partial charge in [0.25, 0.3) is 5.91 Å². The van der Waals surface area contributed by atoms with Crippen molar-refractivity contribution >= 4 is 34.8 Å². The van der Waals surface area contributed by atoms with E-state index in [-0.39, 0.29) is 15.7 Å². The maximum atomic E-state index is 13.1. The quantitative estimate of drug-likeness (QED) is 0.808. The first-order valence-corrected chi connectivity index (χ1v) is 5.16. The summed E-state index contributed by atoms with van der Waals surface area (Å²) in [6.45, 7) is 2.66. The Bertz CT molecular complexity index is 406. The first-order valence-electron chi connectivity index (χ1n) is 4.40. The number of rotatable bonds is 2. The molecule has 1 rings (SSSR count). The molecule has 16 heavy (non-hydrogen) atoms. The minimum absolute atomic E-state index is 0.196. The zero-order valence-electron chi connectivity index (χ0n) is 8.64. The minimum Gasteiger partial charge on any atom is -0.381 e. The average molecular weight is 266 g/mol. The highest BCUT2D eigenvalue weighted by Gasteiger charge is 2.24. The standard InChI is InChI=1S/C10H10Cl2FNO2/c1-10(2,16)9(15)14-5-3-6(11)8(13)7(12)4-5/h3-4,16H,1-2H3,(H,14,15). The molecule has 0 aliphatic rings. The number of carbonyl (C=O) groups is 1. The Morgan fingerprint density at radius 3 is 2.19 bits per heavy atom. The minimum atomic E-state index is -1.53. The third-order valence-electron chi connectivity index (χ3n) is 1.80. The van der Waals surface area contributed by atoms with Gasteiger partial charge in [0.1, 0.15) is 5.60 Å². The molecule has 0 spiro atoms. The van der Waals surface area contributed by atoms with Crippen LogP contribution in [0.4, 0.5) is 10.1 Å². The van der Waals surface area contributed by atoms with Crippen molar-refractivity contribution in [3.05, 3.63) is 28.0 Å². The number of carbonyl (C=O) groups excluding carboxylic acids is 1. The van der Waals surface area contributed by atoms with Gasteiger partial charge in [-0.3, -0.25) is 4.79 Å². The van der Waals surface area contributed by atoms with E-state index in [9.17, 15) is 14.3 Å². The molecule has 1 amide bonds. The number of hydrogen-bond donors (Lipinski definition) is 2. The summed E-state index contributed by atoms with van der Waals surface area (Å²) < 4.78 is 13.1. The summed E-state index contributed by atoms with van der Waals surface area (Å²) in [6, 6.07) is 2.43. The van der Waals surface area contributed by atoms with Gasteiger partial charge in [0.05, 0.1) is 10.0 Å². The lowest BCUT2D eigenvalue weighted by Crippen LogP contribution is -2.36. The molecule has 0 unspecified atom stereocenters. The summed E-state index contributed by atoms with van der Waals surface area (Å²) >= 11 is 11.1. The van der Waals surface area contributed by atoms with Gasteiger partial charge in [-0.2, -0.15) is 0 Å². The molecule has 88 valence electrons. The molecule has 0 atom stereocenters. The summed E-state index contributed by atoms with van der Waals surface area (Å²) in [5, 5.41) is 11.4. The van der Waals surface area contributed by atoms with Crippen LogP contribution in [0.1, 0.15) is 13.8 Å². The van der Waals surface area contributed by atoms with Gasteiger partial charge in [-0.25, -0.2) is 4.39 Å². The molecule has 0 aliphatic heterocycles. The van der Waals surface area contributed by atoms with Gasteiger partial charge >= 0.3 is 0 Å². The van der Waals surface area contributed by atoms with Crippen molar-refractivity contribution in [2.45, 2.75) is 19.4 Å². The molecule has 0 saturated carbocycles. The number of hydrogen-bond acceptors (Lipinski definition) is 2. The van der Waals surface area contributed by atoms with E-state index in [4.69, 9.17) is 23.2 Å². The lowest BCUT2D eigenvalue weighted by molar-refractivity contribution is -0.130. The average Bonchev–Trinajstić information content (AvgIpc) is 2.12. The van der Waals surface area contributed by atoms with Crippen LogP contribution in [0.2, 0.25) is 10.0 Å². The van der Waals surface area contributed by atoms with Crippen LogP contribution in [0.3, 0.4) is 0 Å². The van der Waals surface area contributed by atoms with Crippen molar-refractivity contribution < 1.29 is 14.3 Å². The Labute approximate surface area is 102 Å². The molecule has 0 heterocycles. The fraction of sp³-hybridized carbons (Fsp3) is 0.300. The van der Waals surface area contributed by atoms with Crippen molar-refractivity contribution in [1.29, 1.82) is 0 Å². The molecule has 0 aromatic heterocycles. The van der Waals surface area contributed by atoms with E-state index in [1.54, 1.807) is 0 Å². The summed E-state index contributed by atoms with van der Waals surface area (Å²) in [6.07, 6.45) is 0. The number of benzene rings is 1. The molecule has 0 saturated heterocycles. The van der Waals surface area contributed by atoms with Crippen molar-refractivity contribution in [3.63, 3.8) is 0 Å². The van der Waals surface area contributed by atoms with Crippen LogP contribution in [0.5, 0.6) is 0 Å². The Balaban J connectivity index is 2.96. The highest BCUT2D eigenvalue weighted by atomic mass is 35.5. The molecule has 1 aromatic carbocycles. The van der Waals surface area contributed by atoms with E-state index < -0.39 is 17.3 Å². The molecular formula is C10H10Cl2FNO2. The predicted molar refractivity (Wildman–Crippen MR) is 61.3 cm³/mol. The monoisotopic (exact) mass is 265 g/mol. The van der Waals surface area contributed by atoms with Crippen LogP contribution in [0.25, 0.3) is 0 Å². The van der Waals surface area contributed by atoms with Crippen LogP contribution in [0, 0.1) is 5.82 Å². The maximum Gasteiger partial charge on any atom is 0.255 e. The summed E-state index contributed by atoms with van der Waals surface area (Å²) in [4.78, 5) is 11.4. The van der Waals surface area contributed by atoms with Gasteiger partial charge in [0.2, 0.25) is 0 Å². The number of anilines is 1. The summed E-state index contributed by atoms with van der Waals surface area (Å²) in [7, 11) is 0. The second kappa shape index (κ2) is 4.57. The molecule has 1 aromatic rings. The lowest BCUT2D eigenvalue weighted by atomic mass is 10.1. The fourth-order valence-corrected chi connectivity index (χ4v) is 1.40. The summed E-state index contributed by atoms with van der Waals surface area (Å²) in [5.41, 5.74) is -1.31. The summed E-state index contributed by atoms with van der Waals surface area (Å²) in [5.74, 6) is -1.38. The SMILES string of the molecule is CC(C)(O)C(=O)Nc1cc(Cl)c(F)c(Cl)c1. The third-order valence-corrected chi connectivity index (χ3v) is 2.35. The molecule has 0 fully saturated rings. The zero-order valence-corrected chi connectivity index (χ0v) is 10.2. The maximum absolute atomic E-state index is 13.1. The Kier molecular flexibility index (Phi) is 3.78. The Morgan fingerprint density at radius 2 is 1.81 bits per heavy atom. The van der Waals surface area contributed by atoms with Crippen LogP contribution in [-0.2, 0) is 4.79 Å². The number of aliphatic hydroxyl groups is 1. The van der Waals surface area contributed by atoms with Crippen molar-refractivity contribution in [1.82, 2.24) is 0 Å². The van der Waals surface area contributed by atoms with Gasteiger partial charge < -0.3 is 10.4 Å². The topological polar surface area (TPSA) is 49.3 Å². The highest BCUT2D eigenvalue weighted by Crippen LogP contribution is 2.27. The molecule has 3 nitrogen and oxygen atoms in total. The smallest absolute Gasteiger partial charge is 0.255 e. The Hall–Kier alpha value is -0.840. The highest BCUT2D eigenvalue weighted by molar-refractivity contribution is 6.35. The van der Waals surface area contributed by atoms with Crippen LogP contribution in [0.15, 0.2) is 12.1 Å². The van der Waals surface area contributed by atoms with Crippen LogP contribution >= 0.6 is 23.2 Å². The van der Waals surface area contributed by atoms with Gasteiger partial charge in [0, 0.05) is 5.69 Å². The second-order valence-electron chi connectivity index (χ2n) is 3.77. The van der Waals surface area contributed by atoms with E-state index in [0.29, 0.717) is 0 Å². The van der Waals surface area contributed by atoms with Crippen molar-refractivity contribution in [3.8, 4) is 0 Å². The molecule has 2 N–H and O–H groups in total. The predicted octanol–water partition coefficient (Wildman–Crippen LogP) is 2.84. The van der Waals surface area contributed by atoms with Crippen LogP contribution < -0.4 is 5.32 Å². The molecule has 0 radical (unpaired) electrons. The van der Waals surface area contributed by atoms with E-state index in [2.05, 4.69) is 5.32 Å². The van der Waals surface area contributed by atoms with Gasteiger partial charge in [0.15, 0.2) is 5.82 Å². The first kappa shape index (κ1) is 13.2. The van der Waals surface area contributed by atoms with Gasteiger partial charge in [-0.05, 0) is 26.0 Å². The third kappa shape index (κ3) is 3.07. The van der Waals surface area contributed by atoms with Crippen molar-refractivity contribution in [2.75, 3.05) is 5.32 Å². The normalized spacial score (nSPS) is 11.4. The molecular weight excluding hydrogens is 256 g/mol. The van der Waals surface area contributed by atoms with Crippen molar-refractivity contribution in [2.24, 2.45) is 0 Å². The van der Waals surface area contributed by atoms with E-state index >= 15 is 0 Å². The van der Waals surface area contributed by atoms with E-state index in [1.807, 2.05) is 0 Å². The fourth-order valence-electron chi connectivity index (χ4n) is 0.912. The van der Waals surface area contributed by atoms with Gasteiger partial charge in [-0.15, -0.1) is 0 Å². The molecule has 0 aliphatic carbocycles. The number of halogens is 3. The molecule has 6 heteroatoms. The number of nitrogens with one attached hydrogen (secondary N) is 1. The zero-order chi connectivity index (χ0) is 12.5.